The summed E-state index contributed by atoms with van der Waals surface area (Å²) in [7, 11) is 0. The van der Waals surface area contributed by atoms with Crippen LogP contribution in [0.15, 0.2) is 47.4 Å². The maximum absolute atomic E-state index is 12.4. The molecule has 0 unspecified atom stereocenters. The van der Waals surface area contributed by atoms with Crippen molar-refractivity contribution in [2.75, 3.05) is 5.32 Å². The first-order chi connectivity index (χ1) is 13.8. The van der Waals surface area contributed by atoms with Crippen molar-refractivity contribution in [1.82, 2.24) is 34.5 Å². The predicted octanol–water partition coefficient (Wildman–Crippen LogP) is 2.42. The van der Waals surface area contributed by atoms with Crippen LogP contribution in [-0.4, -0.2) is 40.6 Å². The van der Waals surface area contributed by atoms with Crippen LogP contribution in [0.2, 0.25) is 0 Å². The second-order valence-corrected chi connectivity index (χ2v) is 7.74. The largest absolute Gasteiger partial charge is 0.366 e. The van der Waals surface area contributed by atoms with Gasteiger partial charge in [0.05, 0.1) is 16.3 Å². The van der Waals surface area contributed by atoms with E-state index in [1.54, 1.807) is 45.5 Å². The van der Waals surface area contributed by atoms with Crippen LogP contribution in [0.3, 0.4) is 0 Å². The van der Waals surface area contributed by atoms with Crippen molar-refractivity contribution < 1.29 is 0 Å². The lowest BCUT2D eigenvalue weighted by Crippen LogP contribution is -2.33. The lowest BCUT2D eigenvalue weighted by Gasteiger charge is -2.30. The zero-order valence-electron chi connectivity index (χ0n) is 15.0. The zero-order chi connectivity index (χ0) is 18.9. The van der Waals surface area contributed by atoms with Crippen LogP contribution in [0.25, 0.3) is 16.0 Å². The fraction of sp³-hybridized carbons (Fsp3) is 0.333. The number of nitrogens with zero attached hydrogens (tertiary/aromatic N) is 7. The van der Waals surface area contributed by atoms with Crippen molar-refractivity contribution >= 4 is 27.4 Å². The maximum Gasteiger partial charge on any atom is 0.267 e. The van der Waals surface area contributed by atoms with E-state index in [1.165, 1.54) is 6.33 Å². The lowest BCUT2D eigenvalue weighted by atomic mass is 9.91. The molecule has 4 aromatic heterocycles. The maximum atomic E-state index is 12.4. The molecular formula is C18H18N8OS. The van der Waals surface area contributed by atoms with Crippen molar-refractivity contribution in [1.29, 1.82) is 0 Å². The van der Waals surface area contributed by atoms with Crippen LogP contribution >= 0.6 is 11.3 Å². The lowest BCUT2D eigenvalue weighted by molar-refractivity contribution is 0.302. The minimum Gasteiger partial charge on any atom is -0.366 e. The van der Waals surface area contributed by atoms with Gasteiger partial charge in [0.1, 0.15) is 24.8 Å². The van der Waals surface area contributed by atoms with Gasteiger partial charge in [-0.2, -0.15) is 5.10 Å². The molecule has 0 radical (unpaired) electrons. The van der Waals surface area contributed by atoms with Crippen molar-refractivity contribution in [2.24, 2.45) is 0 Å². The molecule has 1 fully saturated rings. The summed E-state index contributed by atoms with van der Waals surface area (Å²) in [5.74, 6) is 1.49. The highest BCUT2D eigenvalue weighted by Crippen LogP contribution is 2.31. The van der Waals surface area contributed by atoms with Crippen LogP contribution in [0.5, 0.6) is 0 Å². The number of thiophene rings is 1. The van der Waals surface area contributed by atoms with E-state index < -0.39 is 0 Å². The Morgan fingerprint density at radius 2 is 1.96 bits per heavy atom. The number of hydrogen-bond donors (Lipinski definition) is 1. The summed E-state index contributed by atoms with van der Waals surface area (Å²) in [6.07, 6.45) is 8.28. The van der Waals surface area contributed by atoms with Gasteiger partial charge in [-0.05, 0) is 43.2 Å². The molecule has 9 nitrogen and oxygen atoms in total. The number of fused-ring (bicyclic) bond motifs is 1. The third-order valence-corrected chi connectivity index (χ3v) is 6.00. The van der Waals surface area contributed by atoms with Gasteiger partial charge in [-0.3, -0.25) is 4.79 Å². The predicted molar refractivity (Wildman–Crippen MR) is 106 cm³/mol. The molecule has 1 N–H and O–H groups in total. The molecule has 0 bridgehead atoms. The highest BCUT2D eigenvalue weighted by atomic mass is 32.1. The smallest absolute Gasteiger partial charge is 0.267 e. The molecule has 4 aromatic rings. The van der Waals surface area contributed by atoms with Gasteiger partial charge in [0.15, 0.2) is 5.82 Å². The first kappa shape index (κ1) is 17.0. The van der Waals surface area contributed by atoms with Gasteiger partial charge in [0, 0.05) is 12.1 Å². The van der Waals surface area contributed by atoms with Crippen molar-refractivity contribution in [3.8, 4) is 5.82 Å². The first-order valence-electron chi connectivity index (χ1n) is 9.17. The molecule has 0 saturated heterocycles. The van der Waals surface area contributed by atoms with Gasteiger partial charge in [0.25, 0.3) is 5.56 Å². The Hall–Kier alpha value is -3.14. The third-order valence-electron chi connectivity index (χ3n) is 5.09. The minimum absolute atomic E-state index is 0.0844. The molecule has 28 heavy (non-hydrogen) atoms. The summed E-state index contributed by atoms with van der Waals surface area (Å²) in [5.41, 5.74) is 0.883. The number of hydrogen-bond acceptors (Lipinski definition) is 8. The molecule has 5 rings (SSSR count). The molecule has 142 valence electrons. The van der Waals surface area contributed by atoms with Gasteiger partial charge in [-0.1, -0.05) is 0 Å². The van der Waals surface area contributed by atoms with E-state index in [1.807, 2.05) is 11.4 Å². The standard InChI is InChI=1S/C18H18N8OS/c27-16-6-5-15(25-11-19-9-22-25)24-26(16)13-3-1-12(2-4-13)23-18-17-14(7-8-28-17)20-10-21-18/h5-13H,1-4H2,(H,20,21,23). The van der Waals surface area contributed by atoms with Crippen LogP contribution in [-0.2, 0) is 0 Å². The topological polar surface area (TPSA) is 103 Å². The SMILES string of the molecule is O=c1ccc(-n2cncn2)nn1C1CCC(Nc2ncnc3ccsc23)CC1. The monoisotopic (exact) mass is 394 g/mol. The molecular weight excluding hydrogens is 376 g/mol. The Morgan fingerprint density at radius 3 is 2.79 bits per heavy atom. The second-order valence-electron chi connectivity index (χ2n) is 6.82. The second kappa shape index (κ2) is 7.12. The highest BCUT2D eigenvalue weighted by molar-refractivity contribution is 7.17. The Balaban J connectivity index is 1.30. The highest BCUT2D eigenvalue weighted by Gasteiger charge is 2.25. The molecule has 1 saturated carbocycles. The molecule has 0 aliphatic heterocycles. The van der Waals surface area contributed by atoms with Crippen LogP contribution in [0, 0.1) is 0 Å². The van der Waals surface area contributed by atoms with E-state index in [0.29, 0.717) is 11.9 Å². The third kappa shape index (κ3) is 3.15. The Bertz CT molecular complexity index is 1140. The Kier molecular flexibility index (Phi) is 4.32. The molecule has 0 atom stereocenters. The van der Waals surface area contributed by atoms with Gasteiger partial charge in [-0.25, -0.2) is 24.3 Å². The van der Waals surface area contributed by atoms with Gasteiger partial charge in [-0.15, -0.1) is 16.4 Å². The van der Waals surface area contributed by atoms with Gasteiger partial charge < -0.3 is 5.32 Å². The summed E-state index contributed by atoms with van der Waals surface area (Å²) in [4.78, 5) is 25.0. The summed E-state index contributed by atoms with van der Waals surface area (Å²) in [6.45, 7) is 0. The van der Waals surface area contributed by atoms with Crippen LogP contribution in [0.4, 0.5) is 5.82 Å². The quantitative estimate of drug-likeness (QED) is 0.567. The van der Waals surface area contributed by atoms with E-state index in [9.17, 15) is 4.79 Å². The fourth-order valence-electron chi connectivity index (χ4n) is 3.68. The fourth-order valence-corrected chi connectivity index (χ4v) is 4.47. The summed E-state index contributed by atoms with van der Waals surface area (Å²) in [6, 6.07) is 5.63. The Morgan fingerprint density at radius 1 is 1.07 bits per heavy atom. The molecule has 0 spiro atoms. The van der Waals surface area contributed by atoms with Crippen molar-refractivity contribution in [2.45, 2.75) is 37.8 Å². The van der Waals surface area contributed by atoms with Gasteiger partial charge >= 0.3 is 0 Å². The van der Waals surface area contributed by atoms with E-state index in [0.717, 1.165) is 41.7 Å². The number of rotatable bonds is 4. The molecule has 0 aromatic carbocycles. The normalized spacial score (nSPS) is 19.7. The van der Waals surface area contributed by atoms with E-state index in [-0.39, 0.29) is 11.6 Å². The number of nitrogens with one attached hydrogen (secondary N) is 1. The molecule has 0 amide bonds. The van der Waals surface area contributed by atoms with Crippen LogP contribution in [0.1, 0.15) is 31.7 Å². The molecule has 10 heteroatoms. The van der Waals surface area contributed by atoms with Crippen molar-refractivity contribution in [3.63, 3.8) is 0 Å². The molecule has 1 aliphatic carbocycles. The summed E-state index contributed by atoms with van der Waals surface area (Å²) >= 11 is 1.65. The van der Waals surface area contributed by atoms with E-state index >= 15 is 0 Å². The average Bonchev–Trinajstić information content (AvgIpc) is 3.42. The average molecular weight is 394 g/mol. The van der Waals surface area contributed by atoms with Crippen molar-refractivity contribution in [3.05, 3.63) is 52.9 Å². The Labute approximate surface area is 164 Å². The van der Waals surface area contributed by atoms with Gasteiger partial charge in [0.2, 0.25) is 0 Å². The first-order valence-corrected chi connectivity index (χ1v) is 10.1. The molecule has 4 heterocycles. The zero-order valence-corrected chi connectivity index (χ0v) is 15.8. The summed E-state index contributed by atoms with van der Waals surface area (Å²) < 4.78 is 4.24. The summed E-state index contributed by atoms with van der Waals surface area (Å²) in [5, 5.41) is 14.2. The van der Waals surface area contributed by atoms with E-state index in [4.69, 9.17) is 0 Å². The van der Waals surface area contributed by atoms with E-state index in [2.05, 4.69) is 30.5 Å². The number of aromatic nitrogens is 7. The number of anilines is 1. The minimum atomic E-state index is -0.0867. The van der Waals surface area contributed by atoms with Crippen LogP contribution < -0.4 is 10.9 Å². The molecule has 1 aliphatic rings.